The molecule has 1 aliphatic rings. The highest BCUT2D eigenvalue weighted by Gasteiger charge is 2.29. The monoisotopic (exact) mass is 338 g/mol. The summed E-state index contributed by atoms with van der Waals surface area (Å²) in [5.41, 5.74) is 7.81. The summed E-state index contributed by atoms with van der Waals surface area (Å²) < 4.78 is 19.2. The third-order valence-electron chi connectivity index (χ3n) is 4.73. The Kier molecular flexibility index (Phi) is 3.87. The zero-order chi connectivity index (χ0) is 17.4. The van der Waals surface area contributed by atoms with Gasteiger partial charge in [0.25, 0.3) is 0 Å². The van der Waals surface area contributed by atoms with Gasteiger partial charge in [-0.25, -0.2) is 9.37 Å². The predicted molar refractivity (Wildman–Crippen MR) is 96.5 cm³/mol. The summed E-state index contributed by atoms with van der Waals surface area (Å²) >= 11 is 0. The molecule has 4 rings (SSSR count). The summed E-state index contributed by atoms with van der Waals surface area (Å²) in [5.74, 6) is 1.27. The van der Waals surface area contributed by atoms with E-state index in [0.29, 0.717) is 24.1 Å². The van der Waals surface area contributed by atoms with Gasteiger partial charge in [0.05, 0.1) is 12.6 Å². The van der Waals surface area contributed by atoms with E-state index < -0.39 is 0 Å². The van der Waals surface area contributed by atoms with Crippen LogP contribution in [0, 0.1) is 5.82 Å². The van der Waals surface area contributed by atoms with Crippen LogP contribution >= 0.6 is 0 Å². The SMILES string of the molecule is COc1c(F)cccc1C1CCN(c2nc(N)c3ccccc3n2)C1. The number of anilines is 2. The first-order valence-electron chi connectivity index (χ1n) is 8.27. The second-order valence-corrected chi connectivity index (χ2v) is 6.22. The smallest absolute Gasteiger partial charge is 0.227 e. The second kappa shape index (κ2) is 6.20. The highest BCUT2D eigenvalue weighted by molar-refractivity contribution is 5.88. The molecule has 2 aromatic carbocycles. The molecule has 5 nitrogen and oxygen atoms in total. The minimum Gasteiger partial charge on any atom is -0.493 e. The average molecular weight is 338 g/mol. The lowest BCUT2D eigenvalue weighted by atomic mass is 9.97. The molecule has 1 aromatic heterocycles. The first-order chi connectivity index (χ1) is 12.2. The summed E-state index contributed by atoms with van der Waals surface area (Å²) in [4.78, 5) is 11.2. The van der Waals surface area contributed by atoms with Gasteiger partial charge in [0.2, 0.25) is 5.95 Å². The van der Waals surface area contributed by atoms with Crippen LogP contribution in [-0.4, -0.2) is 30.2 Å². The molecule has 0 spiro atoms. The molecule has 1 aliphatic heterocycles. The molecule has 1 atom stereocenters. The normalized spacial score (nSPS) is 17.2. The van der Waals surface area contributed by atoms with Crippen molar-refractivity contribution in [3.05, 3.63) is 53.8 Å². The summed E-state index contributed by atoms with van der Waals surface area (Å²) in [6.07, 6.45) is 0.885. The number of hydrogen-bond acceptors (Lipinski definition) is 5. The third-order valence-corrected chi connectivity index (χ3v) is 4.73. The van der Waals surface area contributed by atoms with E-state index in [9.17, 15) is 4.39 Å². The molecule has 0 bridgehead atoms. The van der Waals surface area contributed by atoms with Crippen molar-refractivity contribution in [3.63, 3.8) is 0 Å². The lowest BCUT2D eigenvalue weighted by Crippen LogP contribution is -2.22. The number of methoxy groups -OCH3 is 1. The molecule has 0 amide bonds. The van der Waals surface area contributed by atoms with Crippen LogP contribution < -0.4 is 15.4 Å². The van der Waals surface area contributed by atoms with E-state index in [2.05, 4.69) is 14.9 Å². The van der Waals surface area contributed by atoms with E-state index in [1.165, 1.54) is 13.2 Å². The average Bonchev–Trinajstić information content (AvgIpc) is 3.11. The number of benzene rings is 2. The zero-order valence-electron chi connectivity index (χ0n) is 13.9. The Morgan fingerprint density at radius 2 is 2.00 bits per heavy atom. The zero-order valence-corrected chi connectivity index (χ0v) is 13.9. The third kappa shape index (κ3) is 2.73. The van der Waals surface area contributed by atoms with Gasteiger partial charge in [-0.3, -0.25) is 0 Å². The molecule has 1 fully saturated rings. The number of rotatable bonds is 3. The molecule has 128 valence electrons. The van der Waals surface area contributed by atoms with Crippen molar-refractivity contribution in [2.45, 2.75) is 12.3 Å². The van der Waals surface area contributed by atoms with Crippen LogP contribution in [0.5, 0.6) is 5.75 Å². The molecule has 6 heteroatoms. The van der Waals surface area contributed by atoms with E-state index >= 15 is 0 Å². The van der Waals surface area contributed by atoms with Crippen molar-refractivity contribution in [1.29, 1.82) is 0 Å². The van der Waals surface area contributed by atoms with Gasteiger partial charge in [-0.05, 0) is 24.6 Å². The molecule has 1 saturated heterocycles. The maximum absolute atomic E-state index is 14.0. The Labute approximate surface area is 145 Å². The molecular weight excluding hydrogens is 319 g/mol. The van der Waals surface area contributed by atoms with Crippen LogP contribution in [0.1, 0.15) is 17.9 Å². The number of nitrogens with zero attached hydrogens (tertiary/aromatic N) is 3. The molecular formula is C19H19FN4O. The molecule has 3 aromatic rings. The molecule has 0 saturated carbocycles. The number of nitrogen functional groups attached to an aromatic ring is 1. The van der Waals surface area contributed by atoms with Crippen molar-refractivity contribution in [1.82, 2.24) is 9.97 Å². The van der Waals surface area contributed by atoms with Crippen LogP contribution in [0.4, 0.5) is 16.2 Å². The van der Waals surface area contributed by atoms with Crippen LogP contribution in [0.15, 0.2) is 42.5 Å². The van der Waals surface area contributed by atoms with Gasteiger partial charge in [-0.1, -0.05) is 24.3 Å². The van der Waals surface area contributed by atoms with Crippen molar-refractivity contribution >= 4 is 22.7 Å². The van der Waals surface area contributed by atoms with E-state index in [4.69, 9.17) is 10.5 Å². The number of fused-ring (bicyclic) bond motifs is 1. The van der Waals surface area contributed by atoms with Crippen LogP contribution in [0.3, 0.4) is 0 Å². The number of nitrogens with two attached hydrogens (primary N) is 1. The van der Waals surface area contributed by atoms with Gasteiger partial charge in [0.1, 0.15) is 5.82 Å². The van der Waals surface area contributed by atoms with Gasteiger partial charge in [-0.15, -0.1) is 0 Å². The lowest BCUT2D eigenvalue weighted by molar-refractivity contribution is 0.378. The van der Waals surface area contributed by atoms with Gasteiger partial charge in [0.15, 0.2) is 11.6 Å². The predicted octanol–water partition coefficient (Wildman–Crippen LogP) is 3.35. The Bertz CT molecular complexity index is 930. The number of halogens is 1. The van der Waals surface area contributed by atoms with Gasteiger partial charge in [-0.2, -0.15) is 4.98 Å². The molecule has 25 heavy (non-hydrogen) atoms. The molecule has 2 heterocycles. The Balaban J connectivity index is 1.64. The summed E-state index contributed by atoms with van der Waals surface area (Å²) in [6, 6.07) is 12.8. The fourth-order valence-corrected chi connectivity index (χ4v) is 3.49. The number of ether oxygens (including phenoxy) is 1. The first-order valence-corrected chi connectivity index (χ1v) is 8.27. The largest absolute Gasteiger partial charge is 0.493 e. The molecule has 2 N–H and O–H groups in total. The van der Waals surface area contributed by atoms with E-state index in [-0.39, 0.29) is 11.7 Å². The van der Waals surface area contributed by atoms with Crippen LogP contribution in [0.2, 0.25) is 0 Å². The van der Waals surface area contributed by atoms with Crippen LogP contribution in [-0.2, 0) is 0 Å². The Hall–Kier alpha value is -2.89. The summed E-state index contributed by atoms with van der Waals surface area (Å²) in [6.45, 7) is 1.50. The fourth-order valence-electron chi connectivity index (χ4n) is 3.49. The topological polar surface area (TPSA) is 64.3 Å². The summed E-state index contributed by atoms with van der Waals surface area (Å²) in [5, 5.41) is 0.855. The minimum absolute atomic E-state index is 0.168. The van der Waals surface area contributed by atoms with Crippen molar-refractivity contribution in [3.8, 4) is 5.75 Å². The molecule has 1 unspecified atom stereocenters. The van der Waals surface area contributed by atoms with E-state index in [1.54, 1.807) is 6.07 Å². The Morgan fingerprint density at radius 3 is 2.84 bits per heavy atom. The Morgan fingerprint density at radius 1 is 1.16 bits per heavy atom. The van der Waals surface area contributed by atoms with Gasteiger partial charge in [0, 0.05) is 30.0 Å². The van der Waals surface area contributed by atoms with Crippen LogP contribution in [0.25, 0.3) is 10.9 Å². The van der Waals surface area contributed by atoms with Crippen molar-refractivity contribution < 1.29 is 9.13 Å². The van der Waals surface area contributed by atoms with Gasteiger partial charge < -0.3 is 15.4 Å². The highest BCUT2D eigenvalue weighted by Crippen LogP contribution is 2.36. The number of aromatic nitrogens is 2. The second-order valence-electron chi connectivity index (χ2n) is 6.22. The molecule has 0 radical (unpaired) electrons. The first kappa shape index (κ1) is 15.6. The maximum Gasteiger partial charge on any atom is 0.227 e. The highest BCUT2D eigenvalue weighted by atomic mass is 19.1. The lowest BCUT2D eigenvalue weighted by Gasteiger charge is -2.18. The maximum atomic E-state index is 14.0. The standard InChI is InChI=1S/C19H19FN4O/c1-25-17-13(6-4-7-15(17)20)12-9-10-24(11-12)19-22-16-8-3-2-5-14(16)18(21)23-19/h2-8,12H,9-11H2,1H3,(H2,21,22,23). The van der Waals surface area contributed by atoms with E-state index in [0.717, 1.165) is 29.4 Å². The van der Waals surface area contributed by atoms with Gasteiger partial charge >= 0.3 is 0 Å². The summed E-state index contributed by atoms with van der Waals surface area (Å²) in [7, 11) is 1.50. The minimum atomic E-state index is -0.329. The number of hydrogen-bond donors (Lipinski definition) is 1. The van der Waals surface area contributed by atoms with E-state index in [1.807, 2.05) is 30.3 Å². The molecule has 0 aliphatic carbocycles. The number of para-hydroxylation sites is 2. The van der Waals surface area contributed by atoms with Crippen molar-refractivity contribution in [2.75, 3.05) is 30.8 Å². The fraction of sp³-hybridized carbons (Fsp3) is 0.263. The quantitative estimate of drug-likeness (QED) is 0.793. The van der Waals surface area contributed by atoms with Crippen molar-refractivity contribution in [2.24, 2.45) is 0 Å².